The van der Waals surface area contributed by atoms with Gasteiger partial charge in [-0.1, -0.05) is 19.9 Å². The van der Waals surface area contributed by atoms with Crippen LogP contribution in [0.2, 0.25) is 0 Å². The molecular formula is C23H30N4OS. The van der Waals surface area contributed by atoms with Gasteiger partial charge in [0.05, 0.1) is 17.2 Å². The molecule has 1 amide bonds. The predicted molar refractivity (Wildman–Crippen MR) is 115 cm³/mol. The number of nitrogens with zero attached hydrogens (tertiary/aromatic N) is 4. The fraction of sp³-hybridized carbons (Fsp3) is 0.609. The van der Waals surface area contributed by atoms with Crippen LogP contribution in [0.4, 0.5) is 0 Å². The second-order valence-electron chi connectivity index (χ2n) is 9.36. The highest BCUT2D eigenvalue weighted by atomic mass is 32.1. The van der Waals surface area contributed by atoms with Gasteiger partial charge in [-0.15, -0.1) is 11.3 Å². The summed E-state index contributed by atoms with van der Waals surface area (Å²) in [5.41, 5.74) is 2.62. The first-order chi connectivity index (χ1) is 14.0. The topological polar surface area (TPSA) is 49.3 Å². The van der Waals surface area contributed by atoms with E-state index in [1.165, 1.54) is 21.1 Å². The van der Waals surface area contributed by atoms with Gasteiger partial charge in [-0.25, -0.2) is 4.98 Å². The van der Waals surface area contributed by atoms with Gasteiger partial charge in [-0.05, 0) is 50.4 Å². The minimum Gasteiger partial charge on any atom is -0.336 e. The highest BCUT2D eigenvalue weighted by Crippen LogP contribution is 2.45. The summed E-state index contributed by atoms with van der Waals surface area (Å²) in [6.45, 7) is 9.13. The zero-order chi connectivity index (χ0) is 20.0. The Labute approximate surface area is 177 Å². The number of amides is 1. The molecule has 154 valence electrons. The van der Waals surface area contributed by atoms with Crippen molar-refractivity contribution in [2.75, 3.05) is 19.6 Å². The number of rotatable bonds is 4. The molecule has 0 aromatic carbocycles. The molecule has 6 heteroatoms. The maximum atomic E-state index is 12.9. The summed E-state index contributed by atoms with van der Waals surface area (Å²) >= 11 is 1.84. The molecule has 3 aliphatic rings. The molecule has 1 saturated heterocycles. The Balaban J connectivity index is 1.38. The van der Waals surface area contributed by atoms with Crippen LogP contribution >= 0.6 is 11.3 Å². The number of fused-ring (bicyclic) bond motifs is 2. The van der Waals surface area contributed by atoms with Crippen molar-refractivity contribution in [3.63, 3.8) is 0 Å². The average molecular weight is 411 g/mol. The normalized spacial score (nSPS) is 21.6. The van der Waals surface area contributed by atoms with Gasteiger partial charge in [0.2, 0.25) is 5.91 Å². The third-order valence-electron chi connectivity index (χ3n) is 6.72. The van der Waals surface area contributed by atoms with E-state index in [1.807, 2.05) is 29.8 Å². The number of likely N-dealkylation sites (tertiary alicyclic amines) is 1. The van der Waals surface area contributed by atoms with Crippen molar-refractivity contribution in [2.45, 2.75) is 64.0 Å². The monoisotopic (exact) mass is 410 g/mol. The summed E-state index contributed by atoms with van der Waals surface area (Å²) in [7, 11) is 0. The first-order valence-corrected chi connectivity index (χ1v) is 11.8. The molecule has 0 atom stereocenters. The van der Waals surface area contributed by atoms with E-state index in [-0.39, 0.29) is 11.3 Å². The lowest BCUT2D eigenvalue weighted by Crippen LogP contribution is -2.53. The van der Waals surface area contributed by atoms with Gasteiger partial charge < -0.3 is 4.90 Å². The van der Waals surface area contributed by atoms with Crippen LogP contribution in [0.1, 0.15) is 66.6 Å². The van der Waals surface area contributed by atoms with Crippen LogP contribution in [-0.2, 0) is 23.3 Å². The number of piperidine rings is 1. The molecule has 2 aliphatic heterocycles. The Morgan fingerprint density at radius 1 is 1.31 bits per heavy atom. The Bertz CT molecular complexity index is 882. The molecule has 1 saturated carbocycles. The van der Waals surface area contributed by atoms with E-state index in [9.17, 15) is 4.79 Å². The van der Waals surface area contributed by atoms with Crippen molar-refractivity contribution < 1.29 is 4.79 Å². The van der Waals surface area contributed by atoms with E-state index in [0.29, 0.717) is 11.8 Å². The van der Waals surface area contributed by atoms with Gasteiger partial charge in [0.1, 0.15) is 0 Å². The SMILES string of the molecule is CC(C)c1nc2c(s1)CN(C(=O)C1CC1)CC21CCN(Cc2cccnc2)CC1. The summed E-state index contributed by atoms with van der Waals surface area (Å²) in [6.07, 6.45) is 8.11. The van der Waals surface area contributed by atoms with Gasteiger partial charge in [0.15, 0.2) is 0 Å². The lowest BCUT2D eigenvalue weighted by molar-refractivity contribution is -0.135. The molecule has 1 spiro atoms. The minimum absolute atomic E-state index is 0.0349. The number of carbonyl (C=O) groups excluding carboxylic acids is 1. The Kier molecular flexibility index (Phi) is 4.95. The first kappa shape index (κ1) is 19.2. The molecule has 0 radical (unpaired) electrons. The number of thiazole rings is 1. The lowest BCUT2D eigenvalue weighted by Gasteiger charge is -2.46. The molecule has 29 heavy (non-hydrogen) atoms. The molecule has 1 aliphatic carbocycles. The van der Waals surface area contributed by atoms with Crippen LogP contribution in [0.3, 0.4) is 0 Å². The summed E-state index contributed by atoms with van der Waals surface area (Å²) in [4.78, 5) is 28.4. The van der Waals surface area contributed by atoms with Crippen LogP contribution in [-0.4, -0.2) is 45.3 Å². The zero-order valence-corrected chi connectivity index (χ0v) is 18.2. The fourth-order valence-corrected chi connectivity index (χ4v) is 6.04. The number of hydrogen-bond acceptors (Lipinski definition) is 5. The summed E-state index contributed by atoms with van der Waals surface area (Å²) in [5, 5.41) is 1.23. The second kappa shape index (κ2) is 7.47. The van der Waals surface area contributed by atoms with E-state index in [0.717, 1.165) is 58.4 Å². The molecule has 0 N–H and O–H groups in total. The van der Waals surface area contributed by atoms with Gasteiger partial charge in [-0.3, -0.25) is 14.7 Å². The van der Waals surface area contributed by atoms with Crippen molar-refractivity contribution in [3.8, 4) is 0 Å². The highest BCUT2D eigenvalue weighted by molar-refractivity contribution is 7.11. The fourth-order valence-electron chi connectivity index (χ4n) is 4.84. The number of hydrogen-bond donors (Lipinski definition) is 0. The molecule has 0 unspecified atom stereocenters. The molecule has 5 rings (SSSR count). The number of carbonyl (C=O) groups is 1. The summed E-state index contributed by atoms with van der Waals surface area (Å²) < 4.78 is 0. The molecule has 4 heterocycles. The quantitative estimate of drug-likeness (QED) is 0.766. The third kappa shape index (κ3) is 3.73. The predicted octanol–water partition coefficient (Wildman–Crippen LogP) is 3.95. The minimum atomic E-state index is 0.0349. The molecule has 2 aromatic heterocycles. The number of aromatic nitrogens is 2. The average Bonchev–Trinajstić information content (AvgIpc) is 3.48. The Morgan fingerprint density at radius 2 is 2.10 bits per heavy atom. The first-order valence-electron chi connectivity index (χ1n) is 10.9. The molecular weight excluding hydrogens is 380 g/mol. The molecule has 2 fully saturated rings. The van der Waals surface area contributed by atoms with Crippen molar-refractivity contribution in [3.05, 3.63) is 45.7 Å². The molecule has 5 nitrogen and oxygen atoms in total. The van der Waals surface area contributed by atoms with Gasteiger partial charge in [0.25, 0.3) is 0 Å². The van der Waals surface area contributed by atoms with E-state index < -0.39 is 0 Å². The van der Waals surface area contributed by atoms with Crippen molar-refractivity contribution in [1.82, 2.24) is 19.8 Å². The van der Waals surface area contributed by atoms with Crippen molar-refractivity contribution in [2.24, 2.45) is 5.92 Å². The highest BCUT2D eigenvalue weighted by Gasteiger charge is 2.47. The van der Waals surface area contributed by atoms with E-state index in [1.54, 1.807) is 0 Å². The van der Waals surface area contributed by atoms with Crippen LogP contribution in [0.5, 0.6) is 0 Å². The standard InChI is InChI=1S/C23H30N4OS/c1-16(2)21-25-20-19(29-21)14-27(22(28)18-5-6-18)15-23(20)7-10-26(11-8-23)13-17-4-3-9-24-12-17/h3-4,9,12,16,18H,5-8,10-11,13-15H2,1-2H3. The van der Waals surface area contributed by atoms with Gasteiger partial charge >= 0.3 is 0 Å². The Morgan fingerprint density at radius 3 is 2.76 bits per heavy atom. The van der Waals surface area contributed by atoms with Gasteiger partial charge in [0, 0.05) is 47.6 Å². The van der Waals surface area contributed by atoms with E-state index >= 15 is 0 Å². The van der Waals surface area contributed by atoms with Crippen LogP contribution in [0.25, 0.3) is 0 Å². The van der Waals surface area contributed by atoms with Crippen molar-refractivity contribution in [1.29, 1.82) is 0 Å². The largest absolute Gasteiger partial charge is 0.336 e. The third-order valence-corrected chi connectivity index (χ3v) is 8.06. The smallest absolute Gasteiger partial charge is 0.226 e. The Hall–Kier alpha value is -1.79. The lowest BCUT2D eigenvalue weighted by atomic mass is 9.72. The second-order valence-corrected chi connectivity index (χ2v) is 10.5. The van der Waals surface area contributed by atoms with Crippen LogP contribution < -0.4 is 0 Å². The van der Waals surface area contributed by atoms with Crippen molar-refractivity contribution >= 4 is 17.2 Å². The maximum Gasteiger partial charge on any atom is 0.226 e. The summed E-state index contributed by atoms with van der Waals surface area (Å²) in [5.74, 6) is 1.12. The molecule has 2 aromatic rings. The zero-order valence-electron chi connectivity index (χ0n) is 17.4. The van der Waals surface area contributed by atoms with E-state index in [4.69, 9.17) is 4.98 Å². The van der Waals surface area contributed by atoms with E-state index in [2.05, 4.69) is 34.7 Å². The maximum absolute atomic E-state index is 12.9. The van der Waals surface area contributed by atoms with Crippen LogP contribution in [0, 0.1) is 5.92 Å². The van der Waals surface area contributed by atoms with Gasteiger partial charge in [-0.2, -0.15) is 0 Å². The summed E-state index contributed by atoms with van der Waals surface area (Å²) in [6, 6.07) is 4.17. The number of pyridine rings is 1. The van der Waals surface area contributed by atoms with Crippen LogP contribution in [0.15, 0.2) is 24.5 Å². The molecule has 0 bridgehead atoms.